The Morgan fingerprint density at radius 3 is 2.12 bits per heavy atom. The first-order chi connectivity index (χ1) is 16.6. The van der Waals surface area contributed by atoms with Crippen molar-refractivity contribution in [2.45, 2.75) is 32.4 Å². The van der Waals surface area contributed by atoms with E-state index in [0.717, 1.165) is 34.4 Å². The summed E-state index contributed by atoms with van der Waals surface area (Å²) in [5, 5.41) is 0. The number of pyridine rings is 1. The largest absolute Gasteiger partial charge is 0.320 e. The van der Waals surface area contributed by atoms with Crippen LogP contribution < -0.4 is 0 Å². The van der Waals surface area contributed by atoms with E-state index in [0.29, 0.717) is 5.56 Å². The van der Waals surface area contributed by atoms with Crippen molar-refractivity contribution in [3.8, 4) is 11.1 Å². The first-order valence-electron chi connectivity index (χ1n) is 11.7. The lowest BCUT2D eigenvalue weighted by Gasteiger charge is -2.42. The summed E-state index contributed by atoms with van der Waals surface area (Å²) in [6.45, 7) is 4.17. The van der Waals surface area contributed by atoms with Crippen LogP contribution >= 0.6 is 0 Å². The third kappa shape index (κ3) is 4.17. The van der Waals surface area contributed by atoms with Crippen molar-refractivity contribution in [3.63, 3.8) is 0 Å². The molecule has 1 aliphatic heterocycles. The molecule has 3 aromatic carbocycles. The van der Waals surface area contributed by atoms with Crippen LogP contribution in [0.25, 0.3) is 11.1 Å². The quantitative estimate of drug-likeness (QED) is 0.309. The van der Waals surface area contributed by atoms with E-state index in [9.17, 15) is 4.79 Å². The van der Waals surface area contributed by atoms with Gasteiger partial charge in [0.15, 0.2) is 0 Å². The summed E-state index contributed by atoms with van der Waals surface area (Å²) < 4.78 is 0. The van der Waals surface area contributed by atoms with Crippen molar-refractivity contribution in [1.82, 2.24) is 9.88 Å². The minimum absolute atomic E-state index is 0.0359. The summed E-state index contributed by atoms with van der Waals surface area (Å²) in [7, 11) is 0. The Morgan fingerprint density at radius 1 is 0.824 bits per heavy atom. The average Bonchev–Trinajstić information content (AvgIpc) is 2.90. The van der Waals surface area contributed by atoms with Crippen molar-refractivity contribution in [3.05, 3.63) is 137 Å². The van der Waals surface area contributed by atoms with Gasteiger partial charge in [0, 0.05) is 23.0 Å². The molecule has 1 amide bonds. The molecule has 0 radical (unpaired) electrons. The number of hydrogen-bond donors (Lipinski definition) is 0. The average molecular weight is 445 g/mol. The number of aryl methyl sites for hydroxylation is 1. The molecule has 4 aromatic rings. The molecule has 1 aliphatic rings. The standard InChI is InChI=1S/C31H28N2O/c1-22-18-19-29(27-20-28(23(2)32-21-27)24-12-6-3-7-13-24)33(30(22)25-14-8-4-9-15-25)31(34)26-16-10-5-11-17-26/h3-18,20-21,29-30H,19H2,1-2H3/t29-,30+/m1/s1. The molecule has 1 aromatic heterocycles. The number of benzene rings is 3. The Kier molecular flexibility index (Phi) is 6.09. The van der Waals surface area contributed by atoms with Crippen LogP contribution in [0.15, 0.2) is 115 Å². The molecule has 5 rings (SSSR count). The SMILES string of the molecule is CC1=CC[C@H](c2cnc(C)c(-c3ccccc3)c2)N(C(=O)c2ccccc2)[C@@H]1c1ccccc1. The molecule has 0 unspecified atom stereocenters. The van der Waals surface area contributed by atoms with Gasteiger partial charge in [-0.2, -0.15) is 0 Å². The van der Waals surface area contributed by atoms with Gasteiger partial charge in [-0.3, -0.25) is 9.78 Å². The fraction of sp³-hybridized carbons (Fsp3) is 0.161. The second-order valence-electron chi connectivity index (χ2n) is 8.86. The highest BCUT2D eigenvalue weighted by molar-refractivity contribution is 5.95. The van der Waals surface area contributed by atoms with Crippen LogP contribution in [-0.4, -0.2) is 15.8 Å². The monoisotopic (exact) mass is 444 g/mol. The fourth-order valence-electron chi connectivity index (χ4n) is 4.91. The second-order valence-corrected chi connectivity index (χ2v) is 8.86. The Balaban J connectivity index is 1.64. The Bertz CT molecular complexity index is 1310. The molecule has 0 aliphatic carbocycles. The maximum atomic E-state index is 14.0. The maximum absolute atomic E-state index is 14.0. The predicted octanol–water partition coefficient (Wildman–Crippen LogP) is 7.33. The predicted molar refractivity (Wildman–Crippen MR) is 137 cm³/mol. The minimum Gasteiger partial charge on any atom is -0.320 e. The molecule has 0 spiro atoms. The van der Waals surface area contributed by atoms with Crippen molar-refractivity contribution < 1.29 is 4.79 Å². The lowest BCUT2D eigenvalue weighted by Crippen LogP contribution is -2.40. The summed E-state index contributed by atoms with van der Waals surface area (Å²) in [6.07, 6.45) is 4.97. The van der Waals surface area contributed by atoms with Gasteiger partial charge in [0.05, 0.1) is 12.1 Å². The van der Waals surface area contributed by atoms with Gasteiger partial charge in [0.2, 0.25) is 0 Å². The molecule has 34 heavy (non-hydrogen) atoms. The van der Waals surface area contributed by atoms with Gasteiger partial charge in [-0.1, -0.05) is 90.5 Å². The summed E-state index contributed by atoms with van der Waals surface area (Å²) in [5.74, 6) is 0.0359. The van der Waals surface area contributed by atoms with Crippen molar-refractivity contribution in [2.75, 3.05) is 0 Å². The number of amides is 1. The van der Waals surface area contributed by atoms with Crippen LogP contribution in [0.4, 0.5) is 0 Å². The first-order valence-corrected chi connectivity index (χ1v) is 11.7. The summed E-state index contributed by atoms with van der Waals surface area (Å²) in [6, 6.07) is 32.2. The zero-order valence-electron chi connectivity index (χ0n) is 19.6. The van der Waals surface area contributed by atoms with E-state index >= 15 is 0 Å². The maximum Gasteiger partial charge on any atom is 0.255 e. The highest BCUT2D eigenvalue weighted by atomic mass is 16.2. The number of carbonyl (C=O) groups excluding carboxylic acids is 1. The van der Waals surface area contributed by atoms with E-state index in [2.05, 4.69) is 48.2 Å². The smallest absolute Gasteiger partial charge is 0.255 e. The Hall–Kier alpha value is -3.98. The highest BCUT2D eigenvalue weighted by Gasteiger charge is 2.37. The summed E-state index contributed by atoms with van der Waals surface area (Å²) in [4.78, 5) is 20.8. The van der Waals surface area contributed by atoms with Crippen LogP contribution in [0.1, 0.15) is 52.6 Å². The lowest BCUT2D eigenvalue weighted by molar-refractivity contribution is 0.0582. The Morgan fingerprint density at radius 2 is 1.44 bits per heavy atom. The molecular weight excluding hydrogens is 416 g/mol. The van der Waals surface area contributed by atoms with E-state index in [1.54, 1.807) is 0 Å². The van der Waals surface area contributed by atoms with E-state index in [4.69, 9.17) is 4.98 Å². The number of aromatic nitrogens is 1. The molecule has 0 N–H and O–H groups in total. The lowest BCUT2D eigenvalue weighted by atomic mass is 9.86. The summed E-state index contributed by atoms with van der Waals surface area (Å²) >= 11 is 0. The van der Waals surface area contributed by atoms with Gasteiger partial charge in [-0.25, -0.2) is 0 Å². The van der Waals surface area contributed by atoms with Crippen LogP contribution in [0.3, 0.4) is 0 Å². The van der Waals surface area contributed by atoms with Gasteiger partial charge in [0.25, 0.3) is 5.91 Å². The third-order valence-electron chi connectivity index (χ3n) is 6.66. The second kappa shape index (κ2) is 9.48. The first kappa shape index (κ1) is 21.8. The van der Waals surface area contributed by atoms with Gasteiger partial charge in [0.1, 0.15) is 0 Å². The normalized spacial score (nSPS) is 17.8. The zero-order valence-corrected chi connectivity index (χ0v) is 19.6. The van der Waals surface area contributed by atoms with Gasteiger partial charge < -0.3 is 4.90 Å². The molecular formula is C31H28N2O. The Labute approximate surface area is 201 Å². The van der Waals surface area contributed by atoms with E-state index in [1.807, 2.05) is 79.9 Å². The number of hydrogen-bond acceptors (Lipinski definition) is 2. The van der Waals surface area contributed by atoms with Crippen LogP contribution in [0.5, 0.6) is 0 Å². The summed E-state index contributed by atoms with van der Waals surface area (Å²) in [5.41, 5.74) is 7.29. The van der Waals surface area contributed by atoms with Gasteiger partial charge in [-0.15, -0.1) is 0 Å². The van der Waals surface area contributed by atoms with Crippen molar-refractivity contribution in [2.24, 2.45) is 0 Å². The molecule has 0 saturated carbocycles. The molecule has 3 heteroatoms. The molecule has 3 nitrogen and oxygen atoms in total. The fourth-order valence-corrected chi connectivity index (χ4v) is 4.91. The zero-order chi connectivity index (χ0) is 23.5. The van der Waals surface area contributed by atoms with E-state index in [1.165, 1.54) is 5.57 Å². The molecule has 0 fully saturated rings. The van der Waals surface area contributed by atoms with E-state index < -0.39 is 0 Å². The van der Waals surface area contributed by atoms with Crippen LogP contribution in [0.2, 0.25) is 0 Å². The molecule has 0 bridgehead atoms. The van der Waals surface area contributed by atoms with Crippen molar-refractivity contribution in [1.29, 1.82) is 0 Å². The number of nitrogens with zero attached hydrogens (tertiary/aromatic N) is 2. The van der Waals surface area contributed by atoms with E-state index in [-0.39, 0.29) is 18.0 Å². The number of carbonyl (C=O) groups is 1. The molecule has 168 valence electrons. The minimum atomic E-state index is -0.130. The van der Waals surface area contributed by atoms with Crippen molar-refractivity contribution >= 4 is 5.91 Å². The third-order valence-corrected chi connectivity index (χ3v) is 6.66. The molecule has 0 saturated heterocycles. The van der Waals surface area contributed by atoms with Crippen LogP contribution in [-0.2, 0) is 0 Å². The number of rotatable bonds is 4. The van der Waals surface area contributed by atoms with Gasteiger partial charge >= 0.3 is 0 Å². The van der Waals surface area contributed by atoms with Gasteiger partial charge in [-0.05, 0) is 55.2 Å². The topological polar surface area (TPSA) is 33.2 Å². The molecule has 2 heterocycles. The van der Waals surface area contributed by atoms with Crippen LogP contribution in [0, 0.1) is 6.92 Å². The highest BCUT2D eigenvalue weighted by Crippen LogP contribution is 2.43. The molecule has 2 atom stereocenters.